The van der Waals surface area contributed by atoms with E-state index in [1.165, 1.54) is 0 Å². The number of alkyl halides is 1. The number of hydrogen-bond acceptors (Lipinski definition) is 5. The number of nitrogens with one attached hydrogen (secondary N) is 2. The molecule has 34 heavy (non-hydrogen) atoms. The largest absolute Gasteiger partial charge is 0.495 e. The van der Waals surface area contributed by atoms with Gasteiger partial charge < -0.3 is 25.2 Å². The Balaban J connectivity index is 1.78. The highest BCUT2D eigenvalue weighted by molar-refractivity contribution is 6.18. The molecule has 2 aromatic rings. The van der Waals surface area contributed by atoms with Gasteiger partial charge in [0.05, 0.1) is 18.4 Å². The van der Waals surface area contributed by atoms with Crippen LogP contribution < -0.4 is 25.2 Å². The zero-order valence-corrected chi connectivity index (χ0v) is 21.0. The molecular formula is C26H35ClN4O3. The summed E-state index contributed by atoms with van der Waals surface area (Å²) in [6.45, 7) is 7.87. The van der Waals surface area contributed by atoms with Crippen LogP contribution in [0.1, 0.15) is 37.0 Å². The molecule has 0 spiro atoms. The van der Waals surface area contributed by atoms with E-state index in [0.29, 0.717) is 42.4 Å². The van der Waals surface area contributed by atoms with Gasteiger partial charge in [-0.1, -0.05) is 26.0 Å². The number of methoxy groups -OCH3 is 1. The first-order valence-electron chi connectivity index (χ1n) is 11.8. The smallest absolute Gasteiger partial charge is 0.253 e. The Morgan fingerprint density at radius 3 is 2.35 bits per heavy atom. The molecule has 2 aromatic carbocycles. The third-order valence-corrected chi connectivity index (χ3v) is 6.05. The van der Waals surface area contributed by atoms with Crippen molar-refractivity contribution < 1.29 is 14.3 Å². The topological polar surface area (TPSA) is 73.9 Å². The zero-order chi connectivity index (χ0) is 24.5. The number of piperazine rings is 1. The lowest BCUT2D eigenvalue weighted by Gasteiger charge is -2.38. The van der Waals surface area contributed by atoms with Crippen molar-refractivity contribution in [2.45, 2.75) is 26.7 Å². The minimum Gasteiger partial charge on any atom is -0.495 e. The summed E-state index contributed by atoms with van der Waals surface area (Å²) in [6, 6.07) is 13.6. The number of anilines is 3. The van der Waals surface area contributed by atoms with Crippen molar-refractivity contribution in [3.63, 3.8) is 0 Å². The SMILES string of the molecule is COc1ccccc1N1CCN(c2ccc(NC(=O)CCCCl)cc2C(=O)NCC(C)C)CC1. The van der Waals surface area contributed by atoms with E-state index in [1.54, 1.807) is 13.2 Å². The first kappa shape index (κ1) is 25.7. The fraction of sp³-hybridized carbons (Fsp3) is 0.462. The lowest BCUT2D eigenvalue weighted by molar-refractivity contribution is -0.116. The van der Waals surface area contributed by atoms with Crippen molar-refractivity contribution in [3.05, 3.63) is 48.0 Å². The Bertz CT molecular complexity index is 974. The van der Waals surface area contributed by atoms with Gasteiger partial charge in [0.1, 0.15) is 5.75 Å². The number of benzene rings is 2. The number of para-hydroxylation sites is 2. The Hall–Kier alpha value is -2.93. The Kier molecular flexibility index (Phi) is 9.45. The van der Waals surface area contributed by atoms with Crippen LogP contribution in [0.2, 0.25) is 0 Å². The quantitative estimate of drug-likeness (QED) is 0.488. The maximum absolute atomic E-state index is 13.1. The van der Waals surface area contributed by atoms with E-state index in [9.17, 15) is 9.59 Å². The average molecular weight is 487 g/mol. The summed E-state index contributed by atoms with van der Waals surface area (Å²) in [7, 11) is 1.69. The predicted octanol–water partition coefficient (Wildman–Crippen LogP) is 4.37. The molecule has 1 aliphatic heterocycles. The van der Waals surface area contributed by atoms with Gasteiger partial charge in [0.15, 0.2) is 0 Å². The number of nitrogens with zero attached hydrogens (tertiary/aromatic N) is 2. The summed E-state index contributed by atoms with van der Waals surface area (Å²) < 4.78 is 5.53. The van der Waals surface area contributed by atoms with Crippen molar-refractivity contribution in [2.75, 3.05) is 60.8 Å². The van der Waals surface area contributed by atoms with Crippen molar-refractivity contribution in [2.24, 2.45) is 5.92 Å². The molecule has 0 radical (unpaired) electrons. The van der Waals surface area contributed by atoms with Crippen LogP contribution in [0, 0.1) is 5.92 Å². The van der Waals surface area contributed by atoms with Crippen LogP contribution in [-0.4, -0.2) is 57.5 Å². The fourth-order valence-electron chi connectivity index (χ4n) is 3.99. The Morgan fingerprint density at radius 2 is 1.71 bits per heavy atom. The van der Waals surface area contributed by atoms with Crippen LogP contribution in [0.3, 0.4) is 0 Å². The molecule has 3 rings (SSSR count). The van der Waals surface area contributed by atoms with Crippen molar-refractivity contribution in [1.29, 1.82) is 0 Å². The molecule has 184 valence electrons. The van der Waals surface area contributed by atoms with Gasteiger partial charge in [-0.2, -0.15) is 0 Å². The molecule has 7 nitrogen and oxygen atoms in total. The first-order valence-corrected chi connectivity index (χ1v) is 12.4. The maximum atomic E-state index is 13.1. The van der Waals surface area contributed by atoms with Gasteiger partial charge in [-0.05, 0) is 42.7 Å². The predicted molar refractivity (Wildman–Crippen MR) is 140 cm³/mol. The van der Waals surface area contributed by atoms with Gasteiger partial charge in [0.2, 0.25) is 5.91 Å². The van der Waals surface area contributed by atoms with E-state index in [0.717, 1.165) is 43.3 Å². The van der Waals surface area contributed by atoms with E-state index >= 15 is 0 Å². The summed E-state index contributed by atoms with van der Waals surface area (Å²) in [6.07, 6.45) is 0.967. The summed E-state index contributed by atoms with van der Waals surface area (Å²) in [5, 5.41) is 5.91. The second kappa shape index (κ2) is 12.5. The number of halogens is 1. The number of rotatable bonds is 10. The molecule has 1 heterocycles. The van der Waals surface area contributed by atoms with Gasteiger partial charge in [-0.15, -0.1) is 11.6 Å². The molecule has 0 aromatic heterocycles. The van der Waals surface area contributed by atoms with Crippen molar-refractivity contribution in [3.8, 4) is 5.75 Å². The van der Waals surface area contributed by atoms with E-state index in [1.807, 2.05) is 30.3 Å². The minimum absolute atomic E-state index is 0.104. The fourth-order valence-corrected chi connectivity index (χ4v) is 4.13. The van der Waals surface area contributed by atoms with E-state index in [2.05, 4.69) is 40.3 Å². The summed E-state index contributed by atoms with van der Waals surface area (Å²) in [5.41, 5.74) is 3.14. The zero-order valence-electron chi connectivity index (χ0n) is 20.3. The van der Waals surface area contributed by atoms with Gasteiger partial charge in [-0.3, -0.25) is 9.59 Å². The van der Waals surface area contributed by atoms with Gasteiger partial charge >= 0.3 is 0 Å². The molecule has 0 unspecified atom stereocenters. The summed E-state index contributed by atoms with van der Waals surface area (Å²) >= 11 is 5.70. The van der Waals surface area contributed by atoms with Crippen molar-refractivity contribution >= 4 is 40.5 Å². The number of ether oxygens (including phenoxy) is 1. The van der Waals surface area contributed by atoms with E-state index in [4.69, 9.17) is 16.3 Å². The first-order chi connectivity index (χ1) is 16.4. The normalized spacial score (nSPS) is 13.7. The summed E-state index contributed by atoms with van der Waals surface area (Å²) in [5.74, 6) is 1.41. The Labute approximate surface area is 207 Å². The molecule has 2 amide bonds. The second-order valence-corrected chi connectivity index (χ2v) is 9.20. The third-order valence-electron chi connectivity index (χ3n) is 5.78. The van der Waals surface area contributed by atoms with Crippen LogP contribution in [0.5, 0.6) is 5.75 Å². The standard InChI is InChI=1S/C26H35ClN4O3/c1-19(2)18-28-26(33)21-17-20(29-25(32)9-6-12-27)10-11-22(21)30-13-15-31(16-14-30)23-7-4-5-8-24(23)34-3/h4-5,7-8,10-11,17,19H,6,9,12-16,18H2,1-3H3,(H,28,33)(H,29,32). The molecule has 1 aliphatic rings. The van der Waals surface area contributed by atoms with E-state index < -0.39 is 0 Å². The van der Waals surface area contributed by atoms with Crippen LogP contribution in [0.4, 0.5) is 17.1 Å². The Morgan fingerprint density at radius 1 is 1.03 bits per heavy atom. The average Bonchev–Trinajstić information content (AvgIpc) is 2.86. The molecule has 0 atom stereocenters. The minimum atomic E-state index is -0.132. The lowest BCUT2D eigenvalue weighted by atomic mass is 10.1. The van der Waals surface area contributed by atoms with Gasteiger partial charge in [0, 0.05) is 56.4 Å². The van der Waals surface area contributed by atoms with Gasteiger partial charge in [0.25, 0.3) is 5.91 Å². The number of carbonyl (C=O) groups excluding carboxylic acids is 2. The number of amides is 2. The van der Waals surface area contributed by atoms with Crippen LogP contribution >= 0.6 is 11.6 Å². The van der Waals surface area contributed by atoms with Gasteiger partial charge in [-0.25, -0.2) is 0 Å². The maximum Gasteiger partial charge on any atom is 0.253 e. The monoisotopic (exact) mass is 486 g/mol. The molecular weight excluding hydrogens is 452 g/mol. The number of carbonyl (C=O) groups is 2. The van der Waals surface area contributed by atoms with Crippen LogP contribution in [0.15, 0.2) is 42.5 Å². The summed E-state index contributed by atoms with van der Waals surface area (Å²) in [4.78, 5) is 29.8. The lowest BCUT2D eigenvalue weighted by Crippen LogP contribution is -2.47. The van der Waals surface area contributed by atoms with Crippen LogP contribution in [-0.2, 0) is 4.79 Å². The molecule has 0 bridgehead atoms. The molecule has 0 saturated carbocycles. The molecule has 0 aliphatic carbocycles. The van der Waals surface area contributed by atoms with E-state index in [-0.39, 0.29) is 11.8 Å². The molecule has 2 N–H and O–H groups in total. The highest BCUT2D eigenvalue weighted by Crippen LogP contribution is 2.31. The highest BCUT2D eigenvalue weighted by Gasteiger charge is 2.24. The molecule has 1 fully saturated rings. The third kappa shape index (κ3) is 6.79. The highest BCUT2D eigenvalue weighted by atomic mass is 35.5. The van der Waals surface area contributed by atoms with Crippen molar-refractivity contribution in [1.82, 2.24) is 5.32 Å². The molecule has 1 saturated heterocycles. The second-order valence-electron chi connectivity index (χ2n) is 8.82. The molecule has 8 heteroatoms. The number of hydrogen-bond donors (Lipinski definition) is 2. The van der Waals surface area contributed by atoms with Crippen LogP contribution in [0.25, 0.3) is 0 Å².